The summed E-state index contributed by atoms with van der Waals surface area (Å²) in [6.45, 7) is 30.6. The van der Waals surface area contributed by atoms with Crippen molar-refractivity contribution < 1.29 is 42.9 Å². The van der Waals surface area contributed by atoms with E-state index in [1.807, 2.05) is 0 Å². The maximum absolute atomic E-state index is 2.34. The quantitative estimate of drug-likeness (QED) is 0.0421. The summed E-state index contributed by atoms with van der Waals surface area (Å²) in [5, 5.41) is 0. The minimum atomic E-state index is 0. The lowest BCUT2D eigenvalue weighted by molar-refractivity contribution is -0.929. The van der Waals surface area contributed by atoms with Crippen LogP contribution in [0.4, 0.5) is 0 Å². The van der Waals surface area contributed by atoms with E-state index in [9.17, 15) is 0 Å². The molecule has 0 N–H and O–H groups in total. The lowest BCUT2D eigenvalue weighted by Gasteiger charge is -2.40. The molecule has 0 aromatic heterocycles. The van der Waals surface area contributed by atoms with Crippen molar-refractivity contribution >= 4 is 0 Å². The Hall–Kier alpha value is 0.880. The first-order chi connectivity index (χ1) is 40.5. The summed E-state index contributed by atoms with van der Waals surface area (Å²) < 4.78 is 2.97. The third-order valence-corrected chi connectivity index (χ3v) is 19.9. The van der Waals surface area contributed by atoms with Gasteiger partial charge in [-0.3, -0.25) is 0 Å². The summed E-state index contributed by atoms with van der Waals surface area (Å²) in [5.74, 6) is 0. The zero-order chi connectivity index (χ0) is 59.9. The fraction of sp³-hybridized carbons (Fsp3) is 1.00. The average molecular weight is 1320 g/mol. The molecule has 0 heterocycles. The first-order valence-corrected chi connectivity index (χ1v) is 40.2. The molecule has 0 atom stereocenters. The summed E-state index contributed by atoms with van der Waals surface area (Å²) in [4.78, 5) is 0. The normalized spacial score (nSPS) is 11.7. The van der Waals surface area contributed by atoms with Gasteiger partial charge in [-0.05, 0) is 103 Å². The average Bonchev–Trinajstić information content (AvgIpc) is 3.48. The van der Waals surface area contributed by atoms with Crippen LogP contribution in [0.1, 0.15) is 466 Å². The third kappa shape index (κ3) is 70.3. The van der Waals surface area contributed by atoms with Gasteiger partial charge in [0.15, 0.2) is 0 Å². The number of unbranched alkanes of at least 4 members (excludes halogenated alkanes) is 56. The molecular formula is C80H168Br2N2. The van der Waals surface area contributed by atoms with E-state index in [1.54, 1.807) is 0 Å². The van der Waals surface area contributed by atoms with E-state index in [0.29, 0.717) is 0 Å². The largest absolute Gasteiger partial charge is 1.00 e. The van der Waals surface area contributed by atoms with Gasteiger partial charge in [0.05, 0.1) is 52.4 Å². The van der Waals surface area contributed by atoms with Crippen molar-refractivity contribution in [2.24, 2.45) is 0 Å². The van der Waals surface area contributed by atoms with Crippen LogP contribution in [-0.4, -0.2) is 61.3 Å². The molecule has 0 spiro atoms. The van der Waals surface area contributed by atoms with Gasteiger partial charge in [0.25, 0.3) is 0 Å². The van der Waals surface area contributed by atoms with Crippen LogP contribution in [0.2, 0.25) is 0 Å². The zero-order valence-corrected chi connectivity index (χ0v) is 63.7. The second-order valence-corrected chi connectivity index (χ2v) is 28.3. The third-order valence-electron chi connectivity index (χ3n) is 19.9. The van der Waals surface area contributed by atoms with Crippen molar-refractivity contribution in [1.82, 2.24) is 0 Å². The Bertz CT molecular complexity index is 842. The van der Waals surface area contributed by atoms with Crippen LogP contribution < -0.4 is 34.0 Å². The highest BCUT2D eigenvalue weighted by molar-refractivity contribution is 4.59. The van der Waals surface area contributed by atoms with Crippen molar-refractivity contribution in [1.29, 1.82) is 0 Å². The SMILES string of the molecule is CCCCCCCCCC[N+](CCCCCCCCCC)(CCCCCCCCCC)CCCCCCCCCC.CCCCCCCCCC[N+](CCCCCCCCCC)(CCCCCCCCCC)CCCCCCCCCC.[Br-].[Br-]. The van der Waals surface area contributed by atoms with Crippen LogP contribution in [0, 0.1) is 0 Å². The van der Waals surface area contributed by atoms with Gasteiger partial charge in [-0.15, -0.1) is 0 Å². The predicted octanol–water partition coefficient (Wildman–Crippen LogP) is 22.7. The molecule has 2 nitrogen and oxygen atoms in total. The van der Waals surface area contributed by atoms with Gasteiger partial charge in [0.2, 0.25) is 0 Å². The molecule has 512 valence electrons. The van der Waals surface area contributed by atoms with Crippen molar-refractivity contribution in [3.8, 4) is 0 Å². The van der Waals surface area contributed by atoms with E-state index in [4.69, 9.17) is 0 Å². The molecule has 0 aliphatic heterocycles. The highest BCUT2D eigenvalue weighted by atomic mass is 79.9. The van der Waals surface area contributed by atoms with Gasteiger partial charge in [-0.2, -0.15) is 0 Å². The lowest BCUT2D eigenvalue weighted by Crippen LogP contribution is -3.00. The fourth-order valence-corrected chi connectivity index (χ4v) is 14.0. The summed E-state index contributed by atoms with van der Waals surface area (Å²) in [5.41, 5.74) is 0. The zero-order valence-electron chi connectivity index (χ0n) is 60.6. The molecule has 4 heteroatoms. The van der Waals surface area contributed by atoms with E-state index >= 15 is 0 Å². The van der Waals surface area contributed by atoms with Crippen LogP contribution in [-0.2, 0) is 0 Å². The van der Waals surface area contributed by atoms with Gasteiger partial charge in [-0.1, -0.05) is 364 Å². The molecule has 0 rings (SSSR count). The van der Waals surface area contributed by atoms with Crippen molar-refractivity contribution in [3.05, 3.63) is 0 Å². The number of hydrogen-bond donors (Lipinski definition) is 0. The molecule has 0 bridgehead atoms. The molecule has 0 aromatic carbocycles. The standard InChI is InChI=1S/2C40H84N.2BrH/c2*1-5-9-13-17-21-25-29-33-37-41(38-34-30-26-22-18-14-10-6-2,39-35-31-27-23-19-15-11-7-3)40-36-32-28-24-20-16-12-8-4;;/h2*5-40H2,1-4H3;2*1H/q2*+1;;/p-2. The molecule has 0 fully saturated rings. The molecule has 84 heavy (non-hydrogen) atoms. The van der Waals surface area contributed by atoms with Gasteiger partial charge in [0.1, 0.15) is 0 Å². The smallest absolute Gasteiger partial charge is 0.0786 e. The number of nitrogens with zero attached hydrogens (tertiary/aromatic N) is 2. The summed E-state index contributed by atoms with van der Waals surface area (Å²) in [6.07, 6.45) is 93.5. The highest BCUT2D eigenvalue weighted by Gasteiger charge is 2.27. The van der Waals surface area contributed by atoms with Crippen molar-refractivity contribution in [3.63, 3.8) is 0 Å². The molecule has 0 saturated heterocycles. The predicted molar refractivity (Wildman–Crippen MR) is 380 cm³/mol. The topological polar surface area (TPSA) is 0 Å². The van der Waals surface area contributed by atoms with Crippen LogP contribution in [0.25, 0.3) is 0 Å². The number of halogens is 2. The van der Waals surface area contributed by atoms with E-state index < -0.39 is 0 Å². The number of rotatable bonds is 72. The van der Waals surface area contributed by atoms with E-state index in [1.165, 1.54) is 472 Å². The molecular weight excluding hydrogens is 1150 g/mol. The number of quaternary nitrogens is 2. The maximum atomic E-state index is 2.34. The molecule has 0 unspecified atom stereocenters. The summed E-state index contributed by atoms with van der Waals surface area (Å²) >= 11 is 0. The van der Waals surface area contributed by atoms with Crippen LogP contribution in [0.15, 0.2) is 0 Å². The Morgan fingerprint density at radius 1 is 0.107 bits per heavy atom. The van der Waals surface area contributed by atoms with E-state index in [2.05, 4.69) is 55.4 Å². The Kier molecular flexibility index (Phi) is 86.9. The van der Waals surface area contributed by atoms with E-state index in [-0.39, 0.29) is 34.0 Å². The van der Waals surface area contributed by atoms with Gasteiger partial charge < -0.3 is 42.9 Å². The fourth-order valence-electron chi connectivity index (χ4n) is 14.0. The van der Waals surface area contributed by atoms with Crippen LogP contribution in [0.3, 0.4) is 0 Å². The van der Waals surface area contributed by atoms with E-state index in [0.717, 1.165) is 0 Å². The summed E-state index contributed by atoms with van der Waals surface area (Å²) in [6, 6.07) is 0. The first kappa shape index (κ1) is 91.3. The Morgan fingerprint density at radius 2 is 0.179 bits per heavy atom. The minimum absolute atomic E-state index is 0. The molecule has 0 aromatic rings. The van der Waals surface area contributed by atoms with Crippen LogP contribution in [0.5, 0.6) is 0 Å². The molecule has 0 aliphatic rings. The van der Waals surface area contributed by atoms with Gasteiger partial charge in [0, 0.05) is 0 Å². The second-order valence-electron chi connectivity index (χ2n) is 28.3. The molecule has 0 radical (unpaired) electrons. The molecule has 0 amide bonds. The first-order valence-electron chi connectivity index (χ1n) is 40.2. The highest BCUT2D eigenvalue weighted by Crippen LogP contribution is 2.24. The number of hydrogen-bond acceptors (Lipinski definition) is 0. The van der Waals surface area contributed by atoms with Crippen molar-refractivity contribution in [2.75, 3.05) is 52.4 Å². The monoisotopic (exact) mass is 1320 g/mol. The van der Waals surface area contributed by atoms with Crippen molar-refractivity contribution in [2.45, 2.75) is 466 Å². The lowest BCUT2D eigenvalue weighted by atomic mass is 10.0. The van der Waals surface area contributed by atoms with Gasteiger partial charge in [-0.25, -0.2) is 0 Å². The Labute approximate surface area is 558 Å². The molecule has 0 saturated carbocycles. The Morgan fingerprint density at radius 3 is 0.262 bits per heavy atom. The second kappa shape index (κ2) is 80.0. The van der Waals surface area contributed by atoms with Crippen LogP contribution >= 0.6 is 0 Å². The maximum Gasteiger partial charge on any atom is 0.0786 e. The Balaban J connectivity index is -0.000000744. The summed E-state index contributed by atoms with van der Waals surface area (Å²) in [7, 11) is 0. The molecule has 0 aliphatic carbocycles. The minimum Gasteiger partial charge on any atom is -1.00 e. The van der Waals surface area contributed by atoms with Gasteiger partial charge >= 0.3 is 0 Å².